The molecule has 3 N–H and O–H groups in total. The molecule has 1 heterocycles. The van der Waals surface area contributed by atoms with E-state index in [-0.39, 0.29) is 18.5 Å². The average Bonchev–Trinajstić information content (AvgIpc) is 2.15. The molecule has 1 saturated heterocycles. The Bertz CT molecular complexity index is 286. The van der Waals surface area contributed by atoms with E-state index in [1.807, 2.05) is 20.8 Å². The van der Waals surface area contributed by atoms with Crippen molar-refractivity contribution < 1.29 is 14.3 Å². The van der Waals surface area contributed by atoms with Gasteiger partial charge in [-0.1, -0.05) is 0 Å². The summed E-state index contributed by atoms with van der Waals surface area (Å²) in [5.74, 6) is -0.0618. The Balaban J connectivity index is 2.54. The van der Waals surface area contributed by atoms with Crippen LogP contribution in [0.3, 0.4) is 0 Å². The monoisotopic (exact) mass is 229 g/mol. The van der Waals surface area contributed by atoms with Crippen molar-refractivity contribution in [3.63, 3.8) is 0 Å². The van der Waals surface area contributed by atoms with Crippen LogP contribution in [0, 0.1) is 5.41 Å². The number of hydrogen-bond donors (Lipinski definition) is 2. The van der Waals surface area contributed by atoms with Crippen molar-refractivity contribution in [3.8, 4) is 0 Å². The molecule has 6 nitrogen and oxygen atoms in total. The van der Waals surface area contributed by atoms with Crippen molar-refractivity contribution in [1.29, 1.82) is 5.41 Å². The number of carbonyl (C=O) groups excluding carboxylic acids is 1. The van der Waals surface area contributed by atoms with Crippen LogP contribution >= 0.6 is 0 Å². The number of amidine groups is 1. The number of ether oxygens (including phenoxy) is 2. The third-order valence-electron chi connectivity index (χ3n) is 2.07. The van der Waals surface area contributed by atoms with Crippen molar-refractivity contribution >= 4 is 11.9 Å². The van der Waals surface area contributed by atoms with Gasteiger partial charge in [-0.15, -0.1) is 0 Å². The highest BCUT2D eigenvalue weighted by Gasteiger charge is 2.29. The molecule has 0 aromatic rings. The highest BCUT2D eigenvalue weighted by Crippen LogP contribution is 2.12. The van der Waals surface area contributed by atoms with Gasteiger partial charge in [-0.25, -0.2) is 4.79 Å². The first-order chi connectivity index (χ1) is 7.29. The zero-order valence-corrected chi connectivity index (χ0v) is 9.95. The molecule has 0 radical (unpaired) electrons. The number of nitrogens with zero attached hydrogens (tertiary/aromatic N) is 1. The number of carbonyl (C=O) groups is 1. The summed E-state index contributed by atoms with van der Waals surface area (Å²) in [6, 6.07) is 0. The molecule has 0 spiro atoms. The first-order valence-corrected chi connectivity index (χ1v) is 5.23. The second-order valence-electron chi connectivity index (χ2n) is 4.74. The van der Waals surface area contributed by atoms with Gasteiger partial charge in [0, 0.05) is 6.54 Å². The Hall–Kier alpha value is -1.30. The van der Waals surface area contributed by atoms with Crippen LogP contribution in [0.5, 0.6) is 0 Å². The van der Waals surface area contributed by atoms with Crippen LogP contribution in [-0.4, -0.2) is 48.2 Å². The van der Waals surface area contributed by atoms with E-state index in [2.05, 4.69) is 0 Å². The van der Waals surface area contributed by atoms with Crippen molar-refractivity contribution in [2.75, 3.05) is 19.7 Å². The first-order valence-electron chi connectivity index (χ1n) is 5.23. The Morgan fingerprint density at radius 1 is 1.56 bits per heavy atom. The fraction of sp³-hybridized carbons (Fsp3) is 0.800. The normalized spacial score (nSPS) is 21.7. The number of nitrogens with two attached hydrogens (primary N) is 1. The SMILES string of the molecule is CC(C)(C)OC(=O)N1CCOC(C(=N)N)C1. The van der Waals surface area contributed by atoms with Crippen molar-refractivity contribution in [2.45, 2.75) is 32.5 Å². The molecule has 1 amide bonds. The Kier molecular flexibility index (Phi) is 3.74. The first kappa shape index (κ1) is 12.8. The number of nitrogens with one attached hydrogen (secondary N) is 1. The molecular weight excluding hydrogens is 210 g/mol. The van der Waals surface area contributed by atoms with Gasteiger partial charge >= 0.3 is 6.09 Å². The van der Waals surface area contributed by atoms with Crippen LogP contribution in [0.25, 0.3) is 0 Å². The third-order valence-corrected chi connectivity index (χ3v) is 2.07. The molecule has 1 atom stereocenters. The van der Waals surface area contributed by atoms with E-state index in [1.54, 1.807) is 0 Å². The maximum absolute atomic E-state index is 11.7. The van der Waals surface area contributed by atoms with Crippen LogP contribution in [0.2, 0.25) is 0 Å². The van der Waals surface area contributed by atoms with Gasteiger partial charge in [0.05, 0.1) is 13.2 Å². The lowest BCUT2D eigenvalue weighted by Crippen LogP contribution is -2.51. The molecule has 0 saturated carbocycles. The van der Waals surface area contributed by atoms with E-state index in [0.29, 0.717) is 13.2 Å². The van der Waals surface area contributed by atoms with E-state index in [0.717, 1.165) is 0 Å². The fourth-order valence-corrected chi connectivity index (χ4v) is 1.33. The summed E-state index contributed by atoms with van der Waals surface area (Å²) in [5, 5.41) is 7.27. The zero-order valence-electron chi connectivity index (χ0n) is 9.95. The van der Waals surface area contributed by atoms with Gasteiger partial charge < -0.3 is 20.1 Å². The molecule has 0 aromatic carbocycles. The lowest BCUT2D eigenvalue weighted by Gasteiger charge is -2.33. The molecule has 16 heavy (non-hydrogen) atoms. The zero-order chi connectivity index (χ0) is 12.3. The van der Waals surface area contributed by atoms with Crippen molar-refractivity contribution in [1.82, 2.24) is 4.90 Å². The Labute approximate surface area is 95.2 Å². The summed E-state index contributed by atoms with van der Waals surface area (Å²) in [7, 11) is 0. The summed E-state index contributed by atoms with van der Waals surface area (Å²) < 4.78 is 10.5. The van der Waals surface area contributed by atoms with E-state index in [1.165, 1.54) is 4.90 Å². The van der Waals surface area contributed by atoms with Gasteiger partial charge in [0.1, 0.15) is 17.5 Å². The van der Waals surface area contributed by atoms with Crippen LogP contribution < -0.4 is 5.73 Å². The van der Waals surface area contributed by atoms with Gasteiger partial charge in [-0.05, 0) is 20.8 Å². The molecule has 0 aliphatic carbocycles. The van der Waals surface area contributed by atoms with Gasteiger partial charge in [-0.3, -0.25) is 5.41 Å². The number of morpholine rings is 1. The predicted octanol–water partition coefficient (Wildman–Crippen LogP) is 0.558. The topological polar surface area (TPSA) is 88.6 Å². The summed E-state index contributed by atoms with van der Waals surface area (Å²) in [4.78, 5) is 13.2. The minimum Gasteiger partial charge on any atom is -0.444 e. The Morgan fingerprint density at radius 3 is 2.69 bits per heavy atom. The standard InChI is InChI=1S/C10H19N3O3/c1-10(2,3)16-9(14)13-4-5-15-7(6-13)8(11)12/h7H,4-6H2,1-3H3,(H3,11,12). The van der Waals surface area contributed by atoms with Crippen LogP contribution in [-0.2, 0) is 9.47 Å². The smallest absolute Gasteiger partial charge is 0.410 e. The minimum absolute atomic E-state index is 0.0618. The number of amides is 1. The van der Waals surface area contributed by atoms with Gasteiger partial charge in [0.25, 0.3) is 0 Å². The molecule has 92 valence electrons. The highest BCUT2D eigenvalue weighted by atomic mass is 16.6. The van der Waals surface area contributed by atoms with Gasteiger partial charge in [0.15, 0.2) is 0 Å². The second-order valence-corrected chi connectivity index (χ2v) is 4.74. The lowest BCUT2D eigenvalue weighted by atomic mass is 10.2. The summed E-state index contributed by atoms with van der Waals surface area (Å²) in [6.45, 7) is 6.57. The van der Waals surface area contributed by atoms with Crippen LogP contribution in [0.15, 0.2) is 0 Å². The van der Waals surface area contributed by atoms with E-state index >= 15 is 0 Å². The van der Waals surface area contributed by atoms with Gasteiger partial charge in [0.2, 0.25) is 0 Å². The molecule has 0 aromatic heterocycles. The summed E-state index contributed by atoms with van der Waals surface area (Å²) in [6.07, 6.45) is -0.900. The molecule has 0 bridgehead atoms. The highest BCUT2D eigenvalue weighted by molar-refractivity contribution is 5.82. The predicted molar refractivity (Wildman–Crippen MR) is 59.5 cm³/mol. The molecule has 1 aliphatic heterocycles. The number of rotatable bonds is 1. The van der Waals surface area contributed by atoms with Crippen LogP contribution in [0.1, 0.15) is 20.8 Å². The molecule has 1 unspecified atom stereocenters. The molecule has 6 heteroatoms. The summed E-state index contributed by atoms with van der Waals surface area (Å²) in [5.41, 5.74) is 4.82. The third kappa shape index (κ3) is 3.69. The fourth-order valence-electron chi connectivity index (χ4n) is 1.33. The molecule has 1 fully saturated rings. The molecular formula is C10H19N3O3. The van der Waals surface area contributed by atoms with E-state index in [4.69, 9.17) is 20.6 Å². The van der Waals surface area contributed by atoms with E-state index < -0.39 is 11.7 Å². The lowest BCUT2D eigenvalue weighted by molar-refractivity contribution is -0.0213. The van der Waals surface area contributed by atoms with Crippen molar-refractivity contribution in [3.05, 3.63) is 0 Å². The quantitative estimate of drug-likeness (QED) is 0.508. The van der Waals surface area contributed by atoms with Crippen molar-refractivity contribution in [2.24, 2.45) is 5.73 Å². The van der Waals surface area contributed by atoms with E-state index in [9.17, 15) is 4.79 Å². The maximum atomic E-state index is 11.7. The average molecular weight is 229 g/mol. The molecule has 1 rings (SSSR count). The number of hydrogen-bond acceptors (Lipinski definition) is 4. The summed E-state index contributed by atoms with van der Waals surface area (Å²) >= 11 is 0. The Morgan fingerprint density at radius 2 is 2.19 bits per heavy atom. The largest absolute Gasteiger partial charge is 0.444 e. The maximum Gasteiger partial charge on any atom is 0.410 e. The second kappa shape index (κ2) is 4.69. The minimum atomic E-state index is -0.513. The van der Waals surface area contributed by atoms with Crippen LogP contribution in [0.4, 0.5) is 4.79 Å². The molecule has 1 aliphatic rings. The van der Waals surface area contributed by atoms with Gasteiger partial charge in [-0.2, -0.15) is 0 Å².